The summed E-state index contributed by atoms with van der Waals surface area (Å²) >= 11 is 0. The zero-order valence-corrected chi connectivity index (χ0v) is 14.6. The Morgan fingerprint density at radius 2 is 1.84 bits per heavy atom. The molecule has 0 saturated carbocycles. The van der Waals surface area contributed by atoms with Crippen LogP contribution >= 0.6 is 0 Å². The standard InChI is InChI=1S/C19H22FNO4/c1-12(14-4-5-16(22-2)15(20)10-14)21-11-13-8-17(23-3)19-18(9-13)24-6-7-25-19/h4-5,8-10,12,21H,6-7,11H2,1-3H3/t12-/m0/s1. The summed E-state index contributed by atoms with van der Waals surface area (Å²) in [6, 6.07) is 8.80. The largest absolute Gasteiger partial charge is 0.494 e. The first kappa shape index (κ1) is 17.4. The summed E-state index contributed by atoms with van der Waals surface area (Å²) in [5.74, 6) is 1.85. The number of hydrogen-bond acceptors (Lipinski definition) is 5. The molecule has 0 aromatic heterocycles. The molecule has 1 aliphatic heterocycles. The molecule has 2 aromatic carbocycles. The van der Waals surface area contributed by atoms with E-state index in [2.05, 4.69) is 5.32 Å². The summed E-state index contributed by atoms with van der Waals surface area (Å²) in [7, 11) is 3.06. The molecule has 1 heterocycles. The topological polar surface area (TPSA) is 49.0 Å². The van der Waals surface area contributed by atoms with Gasteiger partial charge in [-0.15, -0.1) is 0 Å². The number of fused-ring (bicyclic) bond motifs is 1. The average molecular weight is 347 g/mol. The van der Waals surface area contributed by atoms with Crippen molar-refractivity contribution in [3.8, 4) is 23.0 Å². The summed E-state index contributed by atoms with van der Waals surface area (Å²) in [4.78, 5) is 0. The Kier molecular flexibility index (Phi) is 5.28. The number of nitrogens with one attached hydrogen (secondary N) is 1. The number of halogens is 1. The summed E-state index contributed by atoms with van der Waals surface area (Å²) in [5.41, 5.74) is 1.85. The predicted octanol–water partition coefficient (Wildman–Crippen LogP) is 3.46. The van der Waals surface area contributed by atoms with Gasteiger partial charge in [0.25, 0.3) is 0 Å². The van der Waals surface area contributed by atoms with Crippen molar-refractivity contribution in [3.63, 3.8) is 0 Å². The van der Waals surface area contributed by atoms with Gasteiger partial charge in [-0.3, -0.25) is 0 Å². The van der Waals surface area contributed by atoms with Gasteiger partial charge in [-0.2, -0.15) is 0 Å². The minimum absolute atomic E-state index is 0.0281. The van der Waals surface area contributed by atoms with Crippen LogP contribution in [0.5, 0.6) is 23.0 Å². The van der Waals surface area contributed by atoms with Gasteiger partial charge in [0, 0.05) is 12.6 Å². The Labute approximate surface area is 146 Å². The van der Waals surface area contributed by atoms with Crippen LogP contribution in [0.15, 0.2) is 30.3 Å². The van der Waals surface area contributed by atoms with Crippen LogP contribution in [0.2, 0.25) is 0 Å². The third-order valence-electron chi connectivity index (χ3n) is 4.18. The monoisotopic (exact) mass is 347 g/mol. The molecule has 0 amide bonds. The quantitative estimate of drug-likeness (QED) is 0.867. The van der Waals surface area contributed by atoms with Crippen LogP contribution in [0, 0.1) is 5.82 Å². The van der Waals surface area contributed by atoms with Crippen molar-refractivity contribution in [1.82, 2.24) is 5.32 Å². The lowest BCUT2D eigenvalue weighted by atomic mass is 10.1. The van der Waals surface area contributed by atoms with E-state index < -0.39 is 0 Å². The zero-order valence-electron chi connectivity index (χ0n) is 14.6. The molecule has 0 bridgehead atoms. The summed E-state index contributed by atoms with van der Waals surface area (Å²) in [5, 5.41) is 3.38. The number of hydrogen-bond donors (Lipinski definition) is 1. The summed E-state index contributed by atoms with van der Waals surface area (Å²) in [6.45, 7) is 3.61. The van der Waals surface area contributed by atoms with Crippen LogP contribution in [0.3, 0.4) is 0 Å². The number of benzene rings is 2. The summed E-state index contributed by atoms with van der Waals surface area (Å²) in [6.07, 6.45) is 0. The molecule has 6 heteroatoms. The number of ether oxygens (including phenoxy) is 4. The van der Waals surface area contributed by atoms with Gasteiger partial charge in [-0.25, -0.2) is 4.39 Å². The third-order valence-corrected chi connectivity index (χ3v) is 4.18. The van der Waals surface area contributed by atoms with E-state index >= 15 is 0 Å². The number of methoxy groups -OCH3 is 2. The molecular weight excluding hydrogens is 325 g/mol. The zero-order chi connectivity index (χ0) is 17.8. The van der Waals surface area contributed by atoms with Crippen molar-refractivity contribution in [2.45, 2.75) is 19.5 Å². The summed E-state index contributed by atoms with van der Waals surface area (Å²) < 4.78 is 35.5. The maximum atomic E-state index is 13.9. The minimum Gasteiger partial charge on any atom is -0.494 e. The van der Waals surface area contributed by atoms with Crippen molar-refractivity contribution >= 4 is 0 Å². The first-order valence-corrected chi connectivity index (χ1v) is 8.15. The van der Waals surface area contributed by atoms with E-state index in [1.54, 1.807) is 13.2 Å². The lowest BCUT2D eigenvalue weighted by Crippen LogP contribution is -2.19. The maximum Gasteiger partial charge on any atom is 0.203 e. The van der Waals surface area contributed by atoms with Gasteiger partial charge in [0.15, 0.2) is 23.1 Å². The highest BCUT2D eigenvalue weighted by molar-refractivity contribution is 5.54. The van der Waals surface area contributed by atoms with E-state index in [0.717, 1.165) is 11.1 Å². The lowest BCUT2D eigenvalue weighted by molar-refractivity contribution is 0.165. The first-order valence-electron chi connectivity index (χ1n) is 8.15. The molecule has 3 rings (SSSR count). The molecule has 0 radical (unpaired) electrons. The van der Waals surface area contributed by atoms with Crippen LogP contribution in [0.25, 0.3) is 0 Å². The van der Waals surface area contributed by atoms with Crippen LogP contribution in [0.4, 0.5) is 4.39 Å². The van der Waals surface area contributed by atoms with Gasteiger partial charge >= 0.3 is 0 Å². The van der Waals surface area contributed by atoms with E-state index in [0.29, 0.717) is 37.0 Å². The average Bonchev–Trinajstić information content (AvgIpc) is 2.65. The molecule has 2 aromatic rings. The maximum absolute atomic E-state index is 13.9. The fourth-order valence-corrected chi connectivity index (χ4v) is 2.77. The SMILES string of the molecule is COc1ccc([C@H](C)NCc2cc(OC)c3c(c2)OCCO3)cc1F. The van der Waals surface area contributed by atoms with Crippen molar-refractivity contribution < 1.29 is 23.3 Å². The first-order chi connectivity index (χ1) is 12.1. The van der Waals surface area contributed by atoms with Crippen LogP contribution in [-0.2, 0) is 6.54 Å². The molecule has 5 nitrogen and oxygen atoms in total. The Hall–Kier alpha value is -2.47. The van der Waals surface area contributed by atoms with Crippen molar-refractivity contribution in [3.05, 3.63) is 47.3 Å². The minimum atomic E-state index is -0.366. The van der Waals surface area contributed by atoms with Crippen LogP contribution in [0.1, 0.15) is 24.1 Å². The fraction of sp³-hybridized carbons (Fsp3) is 0.368. The van der Waals surface area contributed by atoms with E-state index in [1.807, 2.05) is 25.1 Å². The predicted molar refractivity (Wildman–Crippen MR) is 92.2 cm³/mol. The highest BCUT2D eigenvalue weighted by Crippen LogP contribution is 2.40. The van der Waals surface area contributed by atoms with E-state index in [9.17, 15) is 4.39 Å². The van der Waals surface area contributed by atoms with Crippen LogP contribution < -0.4 is 24.3 Å². The van der Waals surface area contributed by atoms with Crippen molar-refractivity contribution in [1.29, 1.82) is 0 Å². The Morgan fingerprint density at radius 3 is 2.56 bits per heavy atom. The molecule has 1 aliphatic rings. The second kappa shape index (κ2) is 7.61. The third kappa shape index (κ3) is 3.79. The van der Waals surface area contributed by atoms with Gasteiger partial charge in [0.05, 0.1) is 14.2 Å². The Bertz CT molecular complexity index is 733. The highest BCUT2D eigenvalue weighted by atomic mass is 19.1. The van der Waals surface area contributed by atoms with Crippen molar-refractivity contribution in [2.24, 2.45) is 0 Å². The molecule has 0 unspecified atom stereocenters. The van der Waals surface area contributed by atoms with E-state index in [4.69, 9.17) is 18.9 Å². The van der Waals surface area contributed by atoms with Gasteiger partial charge in [-0.05, 0) is 42.3 Å². The van der Waals surface area contributed by atoms with Gasteiger partial charge in [0.1, 0.15) is 13.2 Å². The number of rotatable bonds is 6. The lowest BCUT2D eigenvalue weighted by Gasteiger charge is -2.22. The molecule has 0 saturated heterocycles. The molecule has 1 atom stereocenters. The van der Waals surface area contributed by atoms with Crippen molar-refractivity contribution in [2.75, 3.05) is 27.4 Å². The van der Waals surface area contributed by atoms with Gasteiger partial charge in [-0.1, -0.05) is 6.07 Å². The second-order valence-corrected chi connectivity index (χ2v) is 5.82. The molecule has 134 valence electrons. The fourth-order valence-electron chi connectivity index (χ4n) is 2.77. The van der Waals surface area contributed by atoms with Gasteiger partial charge < -0.3 is 24.3 Å². The highest BCUT2D eigenvalue weighted by Gasteiger charge is 2.18. The van der Waals surface area contributed by atoms with E-state index in [-0.39, 0.29) is 17.6 Å². The smallest absolute Gasteiger partial charge is 0.203 e. The van der Waals surface area contributed by atoms with E-state index in [1.165, 1.54) is 13.2 Å². The molecule has 0 spiro atoms. The Morgan fingerprint density at radius 1 is 1.08 bits per heavy atom. The molecular formula is C19H22FNO4. The van der Waals surface area contributed by atoms with Crippen LogP contribution in [-0.4, -0.2) is 27.4 Å². The van der Waals surface area contributed by atoms with Gasteiger partial charge in [0.2, 0.25) is 5.75 Å². The molecule has 1 N–H and O–H groups in total. The Balaban J connectivity index is 1.71. The normalized spacial score (nSPS) is 14.1. The molecule has 25 heavy (non-hydrogen) atoms. The second-order valence-electron chi connectivity index (χ2n) is 5.82. The molecule has 0 aliphatic carbocycles. The molecule has 0 fully saturated rings.